The van der Waals surface area contributed by atoms with Gasteiger partial charge in [0, 0.05) is 13.1 Å². The van der Waals surface area contributed by atoms with E-state index in [9.17, 15) is 13.2 Å². The number of methoxy groups -OCH3 is 1. The Morgan fingerprint density at radius 3 is 2.61 bits per heavy atom. The van der Waals surface area contributed by atoms with Crippen molar-refractivity contribution in [2.75, 3.05) is 20.2 Å². The van der Waals surface area contributed by atoms with Crippen LogP contribution in [0.4, 0.5) is 0 Å². The lowest BCUT2D eigenvalue weighted by Gasteiger charge is -2.33. The standard InChI is InChI=1S/C24H30N2O4S/c1-17-8-11-21(12-9-17)31(28,29)26-14-4-6-19(16-26)24(27)25-23-7-3-5-18-15-20(30-2)10-13-22(18)23/h8-13,15,19,23H,3-7,14,16H2,1-2H3,(H,25,27)/t19-,23+/m1/s1. The number of hydrogen-bond acceptors (Lipinski definition) is 4. The lowest BCUT2D eigenvalue weighted by Crippen LogP contribution is -2.46. The number of hydrogen-bond donors (Lipinski definition) is 1. The zero-order valence-corrected chi connectivity index (χ0v) is 19.0. The number of ether oxygens (including phenoxy) is 1. The Labute approximate surface area is 184 Å². The molecule has 0 spiro atoms. The van der Waals surface area contributed by atoms with Gasteiger partial charge in [0.1, 0.15) is 5.75 Å². The second kappa shape index (κ2) is 9.01. The second-order valence-corrected chi connectivity index (χ2v) is 10.5. The van der Waals surface area contributed by atoms with E-state index >= 15 is 0 Å². The van der Waals surface area contributed by atoms with Gasteiger partial charge in [-0.15, -0.1) is 0 Å². The zero-order chi connectivity index (χ0) is 22.0. The average molecular weight is 443 g/mol. The fraction of sp³-hybridized carbons (Fsp3) is 0.458. The van der Waals surface area contributed by atoms with E-state index in [1.165, 1.54) is 9.87 Å². The molecule has 2 aromatic rings. The van der Waals surface area contributed by atoms with Crippen molar-refractivity contribution in [3.63, 3.8) is 0 Å². The molecule has 4 rings (SSSR count). The van der Waals surface area contributed by atoms with E-state index in [-0.39, 0.29) is 29.3 Å². The molecule has 0 saturated carbocycles. The summed E-state index contributed by atoms with van der Waals surface area (Å²) in [5.41, 5.74) is 3.36. The highest BCUT2D eigenvalue weighted by atomic mass is 32.2. The van der Waals surface area contributed by atoms with Crippen LogP contribution >= 0.6 is 0 Å². The minimum atomic E-state index is -3.60. The van der Waals surface area contributed by atoms with Crippen LogP contribution in [0.25, 0.3) is 0 Å². The number of aryl methyl sites for hydroxylation is 2. The highest BCUT2D eigenvalue weighted by Gasteiger charge is 2.34. The van der Waals surface area contributed by atoms with Gasteiger partial charge >= 0.3 is 0 Å². The quantitative estimate of drug-likeness (QED) is 0.768. The predicted molar refractivity (Wildman–Crippen MR) is 119 cm³/mol. The van der Waals surface area contributed by atoms with Crippen LogP contribution in [0, 0.1) is 12.8 Å². The van der Waals surface area contributed by atoms with Crippen LogP contribution in [-0.4, -0.2) is 38.8 Å². The Balaban J connectivity index is 1.46. The first-order valence-electron chi connectivity index (χ1n) is 10.9. The number of rotatable bonds is 5. The van der Waals surface area contributed by atoms with Crippen molar-refractivity contribution < 1.29 is 17.9 Å². The molecule has 2 aliphatic rings. The third kappa shape index (κ3) is 4.62. The van der Waals surface area contributed by atoms with Gasteiger partial charge in [0.05, 0.1) is 24.0 Å². The minimum absolute atomic E-state index is 0.0359. The summed E-state index contributed by atoms with van der Waals surface area (Å²) in [5, 5.41) is 3.20. The normalized spacial score (nSPS) is 21.9. The summed E-state index contributed by atoms with van der Waals surface area (Å²) in [4.78, 5) is 13.4. The van der Waals surface area contributed by atoms with E-state index in [0.717, 1.165) is 36.1 Å². The molecule has 2 atom stereocenters. The van der Waals surface area contributed by atoms with Crippen LogP contribution in [0.1, 0.15) is 48.4 Å². The summed E-state index contributed by atoms with van der Waals surface area (Å²) < 4.78 is 32.9. The number of sulfonamides is 1. The van der Waals surface area contributed by atoms with Gasteiger partial charge in [0.2, 0.25) is 15.9 Å². The van der Waals surface area contributed by atoms with Gasteiger partial charge in [-0.05, 0) is 74.4 Å². The van der Waals surface area contributed by atoms with Crippen LogP contribution in [0.2, 0.25) is 0 Å². The molecule has 0 aromatic heterocycles. The first kappa shape index (κ1) is 21.8. The molecular weight excluding hydrogens is 412 g/mol. The van der Waals surface area contributed by atoms with E-state index < -0.39 is 10.0 Å². The Bertz CT molecular complexity index is 1050. The molecular formula is C24H30N2O4S. The zero-order valence-electron chi connectivity index (χ0n) is 18.1. The van der Waals surface area contributed by atoms with E-state index in [0.29, 0.717) is 19.4 Å². The Morgan fingerprint density at radius 2 is 1.87 bits per heavy atom. The number of amides is 1. The number of nitrogens with zero attached hydrogens (tertiary/aromatic N) is 1. The van der Waals surface area contributed by atoms with E-state index in [1.807, 2.05) is 25.1 Å². The van der Waals surface area contributed by atoms with Crippen molar-refractivity contribution in [3.8, 4) is 5.75 Å². The maximum absolute atomic E-state index is 13.1. The topological polar surface area (TPSA) is 75.7 Å². The van der Waals surface area contributed by atoms with E-state index in [2.05, 4.69) is 5.32 Å². The molecule has 166 valence electrons. The lowest BCUT2D eigenvalue weighted by atomic mass is 9.87. The van der Waals surface area contributed by atoms with Gasteiger partial charge in [-0.3, -0.25) is 4.79 Å². The molecule has 7 heteroatoms. The molecule has 1 saturated heterocycles. The molecule has 1 aliphatic heterocycles. The van der Waals surface area contributed by atoms with Gasteiger partial charge in [-0.25, -0.2) is 8.42 Å². The summed E-state index contributed by atoms with van der Waals surface area (Å²) >= 11 is 0. The first-order valence-corrected chi connectivity index (χ1v) is 12.4. The monoisotopic (exact) mass is 442 g/mol. The number of fused-ring (bicyclic) bond motifs is 1. The number of carbonyl (C=O) groups is 1. The maximum Gasteiger partial charge on any atom is 0.243 e. The molecule has 1 amide bonds. The largest absolute Gasteiger partial charge is 0.497 e. The van der Waals surface area contributed by atoms with Crippen LogP contribution in [0.3, 0.4) is 0 Å². The second-order valence-electron chi connectivity index (χ2n) is 8.53. The van der Waals surface area contributed by atoms with Crippen LogP contribution < -0.4 is 10.1 Å². The van der Waals surface area contributed by atoms with Crippen molar-refractivity contribution >= 4 is 15.9 Å². The lowest BCUT2D eigenvalue weighted by molar-refractivity contribution is -0.127. The summed E-state index contributed by atoms with van der Waals surface area (Å²) in [5.74, 6) is 0.435. The van der Waals surface area contributed by atoms with Gasteiger partial charge < -0.3 is 10.1 Å². The summed E-state index contributed by atoms with van der Waals surface area (Å²) in [7, 11) is -1.94. The van der Waals surface area contributed by atoms with Gasteiger partial charge in [-0.2, -0.15) is 4.31 Å². The molecule has 0 unspecified atom stereocenters. The Hall–Kier alpha value is -2.38. The predicted octanol–water partition coefficient (Wildman–Crippen LogP) is 3.60. The molecule has 0 bridgehead atoms. The van der Waals surface area contributed by atoms with Crippen LogP contribution in [0.15, 0.2) is 47.4 Å². The smallest absolute Gasteiger partial charge is 0.243 e. The highest BCUT2D eigenvalue weighted by molar-refractivity contribution is 7.89. The third-order valence-electron chi connectivity index (χ3n) is 6.39. The van der Waals surface area contributed by atoms with Crippen molar-refractivity contribution in [2.45, 2.75) is 50.0 Å². The SMILES string of the molecule is COc1ccc2c(c1)CCC[C@@H]2NC(=O)[C@@H]1CCCN(S(=O)(=O)c2ccc(C)cc2)C1. The first-order chi connectivity index (χ1) is 14.9. The van der Waals surface area contributed by atoms with Crippen molar-refractivity contribution in [1.29, 1.82) is 0 Å². The van der Waals surface area contributed by atoms with Gasteiger partial charge in [0.25, 0.3) is 0 Å². The third-order valence-corrected chi connectivity index (χ3v) is 8.27. The van der Waals surface area contributed by atoms with Crippen molar-refractivity contribution in [2.24, 2.45) is 5.92 Å². The molecule has 1 aliphatic carbocycles. The van der Waals surface area contributed by atoms with Crippen LogP contribution in [0.5, 0.6) is 5.75 Å². The van der Waals surface area contributed by atoms with Crippen molar-refractivity contribution in [3.05, 3.63) is 59.2 Å². The molecule has 2 aromatic carbocycles. The number of nitrogens with one attached hydrogen (secondary N) is 1. The molecule has 1 N–H and O–H groups in total. The highest BCUT2D eigenvalue weighted by Crippen LogP contribution is 2.33. The molecule has 0 radical (unpaired) electrons. The molecule has 31 heavy (non-hydrogen) atoms. The summed E-state index contributed by atoms with van der Waals surface area (Å²) in [6.07, 6.45) is 4.26. The number of carbonyl (C=O) groups excluding carboxylic acids is 1. The van der Waals surface area contributed by atoms with Gasteiger partial charge in [-0.1, -0.05) is 23.8 Å². The molecule has 1 heterocycles. The molecule has 1 fully saturated rings. The minimum Gasteiger partial charge on any atom is -0.497 e. The van der Waals surface area contributed by atoms with Crippen LogP contribution in [-0.2, 0) is 21.2 Å². The number of benzene rings is 2. The Morgan fingerprint density at radius 1 is 1.10 bits per heavy atom. The maximum atomic E-state index is 13.1. The summed E-state index contributed by atoms with van der Waals surface area (Å²) in [6, 6.07) is 12.9. The fourth-order valence-corrected chi connectivity index (χ4v) is 6.12. The van der Waals surface area contributed by atoms with E-state index in [4.69, 9.17) is 4.74 Å². The molecule has 6 nitrogen and oxygen atoms in total. The Kier molecular flexibility index (Phi) is 6.34. The van der Waals surface area contributed by atoms with E-state index in [1.54, 1.807) is 31.4 Å². The summed E-state index contributed by atoms with van der Waals surface area (Å²) in [6.45, 7) is 2.60. The number of piperidine rings is 1. The fourth-order valence-electron chi connectivity index (χ4n) is 4.59. The van der Waals surface area contributed by atoms with Crippen molar-refractivity contribution in [1.82, 2.24) is 9.62 Å². The average Bonchev–Trinajstić information content (AvgIpc) is 2.79. The van der Waals surface area contributed by atoms with Gasteiger partial charge in [0.15, 0.2) is 0 Å².